The van der Waals surface area contributed by atoms with Crippen molar-refractivity contribution in [2.24, 2.45) is 0 Å². The van der Waals surface area contributed by atoms with Gasteiger partial charge in [0, 0.05) is 28.9 Å². The number of nitrogens with zero attached hydrogens (tertiary/aromatic N) is 1. The van der Waals surface area contributed by atoms with Gasteiger partial charge in [0.15, 0.2) is 0 Å². The van der Waals surface area contributed by atoms with E-state index in [1.807, 2.05) is 31.7 Å². The first kappa shape index (κ1) is 18.8. The number of urea groups is 1. The van der Waals surface area contributed by atoms with Crippen LogP contribution in [0.2, 0.25) is 0 Å². The lowest BCUT2D eigenvalue weighted by Gasteiger charge is -2.22. The van der Waals surface area contributed by atoms with E-state index in [-0.39, 0.29) is 12.6 Å². The number of hydrogen-bond acceptors (Lipinski definition) is 3. The molecule has 1 atom stereocenters. The van der Waals surface area contributed by atoms with Crippen LogP contribution in [-0.4, -0.2) is 41.0 Å². The van der Waals surface area contributed by atoms with E-state index in [9.17, 15) is 4.79 Å². The number of carbonyl (C=O) groups excluding carboxylic acids is 1. The van der Waals surface area contributed by atoms with Crippen LogP contribution in [0.25, 0.3) is 0 Å². The van der Waals surface area contributed by atoms with Crippen LogP contribution < -0.4 is 5.32 Å². The second-order valence-electron chi connectivity index (χ2n) is 5.45. The Balaban J connectivity index is 2.74. The Labute approximate surface area is 138 Å². The molecule has 2 N–H and O–H groups in total. The number of aliphatic hydroxyl groups is 1. The van der Waals surface area contributed by atoms with Crippen molar-refractivity contribution in [3.8, 4) is 0 Å². The maximum Gasteiger partial charge on any atom is 0.321 e. The summed E-state index contributed by atoms with van der Waals surface area (Å²) in [6.45, 7) is 9.41. The summed E-state index contributed by atoms with van der Waals surface area (Å²) in [7, 11) is 0. The zero-order chi connectivity index (χ0) is 16.5. The number of benzene rings is 1. The van der Waals surface area contributed by atoms with Crippen molar-refractivity contribution >= 4 is 23.5 Å². The number of aryl methyl sites for hydroxylation is 1. The average molecular weight is 324 g/mol. The Bertz CT molecular complexity index is 474. The fourth-order valence-corrected chi connectivity index (χ4v) is 3.09. The zero-order valence-corrected chi connectivity index (χ0v) is 14.9. The third-order valence-corrected chi connectivity index (χ3v) is 4.76. The normalized spacial score (nSPS) is 12.0. The lowest BCUT2D eigenvalue weighted by molar-refractivity contribution is 0.188. The molecule has 1 aromatic rings. The smallest absolute Gasteiger partial charge is 0.321 e. The molecule has 0 aliphatic heterocycles. The van der Waals surface area contributed by atoms with Gasteiger partial charge in [0.2, 0.25) is 0 Å². The predicted octanol–water partition coefficient (Wildman–Crippen LogP) is 4.12. The number of thioether (sulfide) groups is 1. The number of anilines is 1. The van der Waals surface area contributed by atoms with Gasteiger partial charge in [0.1, 0.15) is 0 Å². The molecule has 1 rings (SSSR count). The van der Waals surface area contributed by atoms with Gasteiger partial charge in [-0.25, -0.2) is 4.79 Å². The molecule has 22 heavy (non-hydrogen) atoms. The molecule has 0 fully saturated rings. The molecule has 0 saturated carbocycles. The molecular formula is C17H28N2O2S. The lowest BCUT2D eigenvalue weighted by atomic mass is 10.2. The van der Waals surface area contributed by atoms with Gasteiger partial charge in [-0.1, -0.05) is 20.8 Å². The Hall–Kier alpha value is -1.20. The Morgan fingerprint density at radius 1 is 1.36 bits per heavy atom. The molecule has 0 bridgehead atoms. The maximum atomic E-state index is 12.3. The third-order valence-electron chi connectivity index (χ3n) is 3.50. The SMILES string of the molecule is CCCN(CCO)C(=O)Nc1ccc(SC(C)CC)cc1C. The number of carbonyl (C=O) groups is 1. The molecule has 1 unspecified atom stereocenters. The van der Waals surface area contributed by atoms with Gasteiger partial charge < -0.3 is 15.3 Å². The highest BCUT2D eigenvalue weighted by Crippen LogP contribution is 2.28. The number of nitrogens with one attached hydrogen (secondary N) is 1. The molecule has 5 heteroatoms. The number of amides is 2. The molecule has 4 nitrogen and oxygen atoms in total. The molecule has 0 aliphatic carbocycles. The topological polar surface area (TPSA) is 52.6 Å². The van der Waals surface area contributed by atoms with Crippen LogP contribution in [0.5, 0.6) is 0 Å². The molecule has 1 aromatic carbocycles. The van der Waals surface area contributed by atoms with Crippen molar-refractivity contribution in [2.75, 3.05) is 25.0 Å². The van der Waals surface area contributed by atoms with Gasteiger partial charge in [-0.15, -0.1) is 11.8 Å². The molecule has 2 amide bonds. The van der Waals surface area contributed by atoms with Crippen molar-refractivity contribution in [3.05, 3.63) is 23.8 Å². The summed E-state index contributed by atoms with van der Waals surface area (Å²) in [6.07, 6.45) is 2.01. The first-order chi connectivity index (χ1) is 10.5. The van der Waals surface area contributed by atoms with E-state index in [4.69, 9.17) is 5.11 Å². The highest BCUT2D eigenvalue weighted by atomic mass is 32.2. The number of hydrogen-bond donors (Lipinski definition) is 2. The van der Waals surface area contributed by atoms with Crippen molar-refractivity contribution < 1.29 is 9.90 Å². The van der Waals surface area contributed by atoms with Crippen molar-refractivity contribution in [2.45, 2.75) is 50.7 Å². The quantitative estimate of drug-likeness (QED) is 0.707. The molecule has 124 valence electrons. The second kappa shape index (κ2) is 9.74. The minimum Gasteiger partial charge on any atom is -0.395 e. The van der Waals surface area contributed by atoms with Crippen LogP contribution in [0.3, 0.4) is 0 Å². The van der Waals surface area contributed by atoms with Gasteiger partial charge in [-0.2, -0.15) is 0 Å². The Morgan fingerprint density at radius 3 is 2.64 bits per heavy atom. The molecule has 0 aromatic heterocycles. The van der Waals surface area contributed by atoms with Crippen LogP contribution in [0.15, 0.2) is 23.1 Å². The van der Waals surface area contributed by atoms with E-state index in [2.05, 4.69) is 31.3 Å². The minimum absolute atomic E-state index is 0.0170. The van der Waals surface area contributed by atoms with E-state index in [0.717, 1.165) is 24.1 Å². The first-order valence-electron chi connectivity index (χ1n) is 7.95. The largest absolute Gasteiger partial charge is 0.395 e. The first-order valence-corrected chi connectivity index (χ1v) is 8.83. The highest BCUT2D eigenvalue weighted by molar-refractivity contribution is 7.99. The monoisotopic (exact) mass is 324 g/mol. The third kappa shape index (κ3) is 5.89. The summed E-state index contributed by atoms with van der Waals surface area (Å²) in [6, 6.07) is 5.97. The summed E-state index contributed by atoms with van der Waals surface area (Å²) in [5.74, 6) is 0. The van der Waals surface area contributed by atoms with Gasteiger partial charge in [-0.05, 0) is 43.5 Å². The van der Waals surface area contributed by atoms with E-state index in [0.29, 0.717) is 18.3 Å². The Kier molecular flexibility index (Phi) is 8.35. The molecule has 0 radical (unpaired) electrons. The average Bonchev–Trinajstić information content (AvgIpc) is 2.49. The van der Waals surface area contributed by atoms with Crippen molar-refractivity contribution in [1.82, 2.24) is 4.90 Å². The summed E-state index contributed by atoms with van der Waals surface area (Å²) in [5, 5.41) is 12.6. The summed E-state index contributed by atoms with van der Waals surface area (Å²) in [4.78, 5) is 15.1. The standard InChI is InChI=1S/C17H28N2O2S/c1-5-9-19(10-11-20)17(21)18-16-8-7-15(12-13(16)3)22-14(4)6-2/h7-8,12,14,20H,5-6,9-11H2,1-4H3,(H,18,21). The molecule has 0 aliphatic rings. The van der Waals surface area contributed by atoms with Crippen molar-refractivity contribution in [1.29, 1.82) is 0 Å². The molecule has 0 spiro atoms. The fraction of sp³-hybridized carbons (Fsp3) is 0.588. The van der Waals surface area contributed by atoms with Crippen LogP contribution in [0.1, 0.15) is 39.2 Å². The summed E-state index contributed by atoms with van der Waals surface area (Å²) < 4.78 is 0. The van der Waals surface area contributed by atoms with Gasteiger partial charge in [0.05, 0.1) is 6.61 Å². The summed E-state index contributed by atoms with van der Waals surface area (Å²) >= 11 is 1.85. The number of aliphatic hydroxyl groups excluding tert-OH is 1. The second-order valence-corrected chi connectivity index (χ2v) is 6.97. The zero-order valence-electron chi connectivity index (χ0n) is 14.1. The van der Waals surface area contributed by atoms with E-state index < -0.39 is 0 Å². The van der Waals surface area contributed by atoms with Crippen LogP contribution in [0.4, 0.5) is 10.5 Å². The maximum absolute atomic E-state index is 12.3. The lowest BCUT2D eigenvalue weighted by Crippen LogP contribution is -2.37. The van der Waals surface area contributed by atoms with Crippen LogP contribution >= 0.6 is 11.8 Å². The van der Waals surface area contributed by atoms with Crippen molar-refractivity contribution in [3.63, 3.8) is 0 Å². The van der Waals surface area contributed by atoms with E-state index >= 15 is 0 Å². The summed E-state index contributed by atoms with van der Waals surface area (Å²) in [5.41, 5.74) is 1.89. The number of rotatable bonds is 8. The molecular weight excluding hydrogens is 296 g/mol. The fourth-order valence-electron chi connectivity index (χ4n) is 2.07. The predicted molar refractivity (Wildman–Crippen MR) is 94.8 cm³/mol. The highest BCUT2D eigenvalue weighted by Gasteiger charge is 2.13. The van der Waals surface area contributed by atoms with Crippen LogP contribution in [0, 0.1) is 6.92 Å². The molecule has 0 saturated heterocycles. The van der Waals surface area contributed by atoms with Crippen LogP contribution in [-0.2, 0) is 0 Å². The minimum atomic E-state index is -0.152. The van der Waals surface area contributed by atoms with E-state index in [1.165, 1.54) is 4.90 Å². The van der Waals surface area contributed by atoms with Gasteiger partial charge >= 0.3 is 6.03 Å². The Morgan fingerprint density at radius 2 is 2.09 bits per heavy atom. The molecule has 0 heterocycles. The van der Waals surface area contributed by atoms with Gasteiger partial charge in [0.25, 0.3) is 0 Å². The van der Waals surface area contributed by atoms with Gasteiger partial charge in [-0.3, -0.25) is 0 Å². The van der Waals surface area contributed by atoms with E-state index in [1.54, 1.807) is 4.90 Å².